The predicted octanol–water partition coefficient (Wildman–Crippen LogP) is 6.09. The molecule has 0 bridgehead atoms. The van der Waals surface area contributed by atoms with Crippen LogP contribution in [0.1, 0.15) is 76.2 Å². The molecule has 2 amide bonds. The summed E-state index contributed by atoms with van der Waals surface area (Å²) in [6, 6.07) is 13.0. The molecule has 0 aliphatic carbocycles. The van der Waals surface area contributed by atoms with Crippen LogP contribution in [-0.2, 0) is 4.79 Å². The second-order valence-corrected chi connectivity index (χ2v) is 9.42. The first kappa shape index (κ1) is 29.2. The molecule has 0 aliphatic rings. The molecular weight excluding hydrogens is 478 g/mol. The molecule has 2 rings (SSSR count). The number of carbonyl (C=O) groups is 2. The van der Waals surface area contributed by atoms with E-state index in [2.05, 4.69) is 10.5 Å². The van der Waals surface area contributed by atoms with Gasteiger partial charge in [-0.05, 0) is 95.0 Å². The zero-order chi connectivity index (χ0) is 26.5. The summed E-state index contributed by atoms with van der Waals surface area (Å²) in [7, 11) is 0. The Bertz CT molecular complexity index is 998. The van der Waals surface area contributed by atoms with Gasteiger partial charge >= 0.3 is 0 Å². The van der Waals surface area contributed by atoms with Crippen molar-refractivity contribution in [2.24, 2.45) is 5.10 Å². The molecule has 0 radical (unpaired) electrons. The number of nitrogens with zero attached hydrogens (tertiary/aromatic N) is 2. The predicted molar refractivity (Wildman–Crippen MR) is 145 cm³/mol. The summed E-state index contributed by atoms with van der Waals surface area (Å²) >= 11 is 6.40. The highest BCUT2D eigenvalue weighted by molar-refractivity contribution is 6.34. The lowest BCUT2D eigenvalue weighted by molar-refractivity contribution is -0.120. The van der Waals surface area contributed by atoms with Crippen molar-refractivity contribution in [2.75, 3.05) is 13.2 Å². The summed E-state index contributed by atoms with van der Waals surface area (Å²) in [4.78, 5) is 25.9. The van der Waals surface area contributed by atoms with E-state index in [1.165, 1.54) is 0 Å². The molecule has 0 aromatic heterocycles. The van der Waals surface area contributed by atoms with Crippen molar-refractivity contribution < 1.29 is 19.1 Å². The van der Waals surface area contributed by atoms with Gasteiger partial charge in [0.1, 0.15) is 11.5 Å². The van der Waals surface area contributed by atoms with E-state index in [1.807, 2.05) is 56.9 Å². The van der Waals surface area contributed by atoms with E-state index >= 15 is 0 Å². The Morgan fingerprint density at radius 1 is 0.944 bits per heavy atom. The summed E-state index contributed by atoms with van der Waals surface area (Å²) in [6.45, 7) is 11.0. The average molecular weight is 516 g/mol. The van der Waals surface area contributed by atoms with E-state index in [0.717, 1.165) is 30.6 Å². The third-order valence-corrected chi connectivity index (χ3v) is 5.76. The molecule has 0 spiro atoms. The monoisotopic (exact) mass is 515 g/mol. The molecule has 1 N–H and O–H groups in total. The number of nitrogens with one attached hydrogen (secondary N) is 1. The third-order valence-electron chi connectivity index (χ3n) is 5.45. The Hall–Kier alpha value is -3.06. The fourth-order valence-corrected chi connectivity index (χ4v) is 3.88. The van der Waals surface area contributed by atoms with Crippen molar-refractivity contribution in [3.8, 4) is 11.5 Å². The fourth-order valence-electron chi connectivity index (χ4n) is 3.63. The molecule has 36 heavy (non-hydrogen) atoms. The van der Waals surface area contributed by atoms with Crippen LogP contribution in [0.2, 0.25) is 5.02 Å². The van der Waals surface area contributed by atoms with Crippen LogP contribution >= 0.6 is 11.6 Å². The van der Waals surface area contributed by atoms with Crippen molar-refractivity contribution in [1.29, 1.82) is 0 Å². The number of hydrogen-bond acceptors (Lipinski definition) is 5. The first-order valence-electron chi connectivity index (χ1n) is 12.5. The number of carbonyl (C=O) groups excluding carboxylic acids is 2. The summed E-state index contributed by atoms with van der Waals surface area (Å²) in [6.07, 6.45) is 4.75. The van der Waals surface area contributed by atoms with Crippen LogP contribution < -0.4 is 14.9 Å². The molecular formula is C28H38ClN3O4. The fraction of sp³-hybridized carbons (Fsp3) is 0.464. The van der Waals surface area contributed by atoms with Gasteiger partial charge < -0.3 is 14.4 Å². The van der Waals surface area contributed by atoms with Crippen LogP contribution in [0.4, 0.5) is 0 Å². The number of hydrogen-bond donors (Lipinski definition) is 1. The van der Waals surface area contributed by atoms with Crippen LogP contribution in [0.25, 0.3) is 0 Å². The van der Waals surface area contributed by atoms with Crippen molar-refractivity contribution in [2.45, 2.75) is 72.4 Å². The van der Waals surface area contributed by atoms with Gasteiger partial charge in [0.05, 0.1) is 30.0 Å². The lowest BCUT2D eigenvalue weighted by atomic mass is 10.1. The van der Waals surface area contributed by atoms with Gasteiger partial charge in [0, 0.05) is 18.5 Å². The van der Waals surface area contributed by atoms with Crippen molar-refractivity contribution in [3.63, 3.8) is 0 Å². The molecule has 8 heteroatoms. The topological polar surface area (TPSA) is 80.2 Å². The van der Waals surface area contributed by atoms with Gasteiger partial charge in [-0.1, -0.05) is 18.5 Å². The summed E-state index contributed by atoms with van der Waals surface area (Å²) in [5.74, 6) is 1.26. The van der Waals surface area contributed by atoms with Crippen molar-refractivity contribution >= 4 is 29.6 Å². The maximum atomic E-state index is 12.9. The molecule has 7 nitrogen and oxygen atoms in total. The normalized spacial score (nSPS) is 11.2. The Labute approximate surface area is 219 Å². The third kappa shape index (κ3) is 9.53. The minimum absolute atomic E-state index is 0.0696. The smallest absolute Gasteiger partial charge is 0.255 e. The van der Waals surface area contributed by atoms with E-state index in [4.69, 9.17) is 21.1 Å². The van der Waals surface area contributed by atoms with E-state index in [1.54, 1.807) is 31.3 Å². The first-order chi connectivity index (χ1) is 17.2. The molecule has 0 heterocycles. The molecule has 0 aliphatic heterocycles. The number of ether oxygens (including phenoxy) is 2. The largest absolute Gasteiger partial charge is 0.494 e. The van der Waals surface area contributed by atoms with Gasteiger partial charge in [0.15, 0.2) is 0 Å². The summed E-state index contributed by atoms with van der Waals surface area (Å²) in [5.41, 5.74) is 3.83. The van der Waals surface area contributed by atoms with Crippen LogP contribution in [-0.4, -0.2) is 48.2 Å². The molecule has 0 atom stereocenters. The van der Waals surface area contributed by atoms with Crippen molar-refractivity contribution in [1.82, 2.24) is 10.3 Å². The van der Waals surface area contributed by atoms with Gasteiger partial charge in [-0.25, -0.2) is 5.43 Å². The molecule has 0 fully saturated rings. The van der Waals surface area contributed by atoms with Crippen LogP contribution in [0.3, 0.4) is 0 Å². The standard InChI is InChI=1S/C28H38ClN3O4/c1-6-27(33)31-30-19-22-10-12-23(13-11-22)35-16-8-7-9-17-36-24-14-15-25(26(29)18-24)28(34)32(20(2)3)21(4)5/h10-15,18-21H,6-9,16-17H2,1-5H3,(H,31,33). The maximum Gasteiger partial charge on any atom is 0.255 e. The van der Waals surface area contributed by atoms with Gasteiger partial charge in [0.25, 0.3) is 5.91 Å². The molecule has 196 valence electrons. The van der Waals surface area contributed by atoms with Crippen molar-refractivity contribution in [3.05, 3.63) is 58.6 Å². The number of rotatable bonds is 14. The maximum absolute atomic E-state index is 12.9. The number of benzene rings is 2. The van der Waals surface area contributed by atoms with Gasteiger partial charge in [-0.2, -0.15) is 5.10 Å². The minimum atomic E-state index is -0.120. The number of amides is 2. The van der Waals surface area contributed by atoms with E-state index in [-0.39, 0.29) is 23.9 Å². The number of halogens is 1. The minimum Gasteiger partial charge on any atom is -0.494 e. The molecule has 0 saturated carbocycles. The van der Waals surface area contributed by atoms with E-state index in [0.29, 0.717) is 36.0 Å². The highest BCUT2D eigenvalue weighted by atomic mass is 35.5. The number of unbranched alkanes of at least 4 members (excludes halogenated alkanes) is 2. The summed E-state index contributed by atoms with van der Waals surface area (Å²) < 4.78 is 11.6. The lowest BCUT2D eigenvalue weighted by Crippen LogP contribution is -2.42. The Morgan fingerprint density at radius 2 is 1.53 bits per heavy atom. The zero-order valence-corrected chi connectivity index (χ0v) is 22.7. The van der Waals surface area contributed by atoms with Crippen LogP contribution in [0.15, 0.2) is 47.6 Å². The van der Waals surface area contributed by atoms with E-state index in [9.17, 15) is 9.59 Å². The van der Waals surface area contributed by atoms with Gasteiger partial charge in [0.2, 0.25) is 5.91 Å². The SMILES string of the molecule is CCC(=O)NN=Cc1ccc(OCCCCCOc2ccc(C(=O)N(C(C)C)C(C)C)c(Cl)c2)cc1. The Morgan fingerprint density at radius 3 is 2.08 bits per heavy atom. The average Bonchev–Trinajstić information content (AvgIpc) is 2.83. The second kappa shape index (κ2) is 15.1. The highest BCUT2D eigenvalue weighted by Crippen LogP contribution is 2.25. The highest BCUT2D eigenvalue weighted by Gasteiger charge is 2.23. The van der Waals surface area contributed by atoms with Crippen LogP contribution in [0, 0.1) is 0 Å². The first-order valence-corrected chi connectivity index (χ1v) is 12.9. The quantitative estimate of drug-likeness (QED) is 0.187. The number of hydrazone groups is 1. The molecule has 2 aromatic rings. The Kier molecular flexibility index (Phi) is 12.3. The second-order valence-electron chi connectivity index (χ2n) is 9.01. The molecule has 0 unspecified atom stereocenters. The van der Waals surface area contributed by atoms with Crippen LogP contribution in [0.5, 0.6) is 11.5 Å². The zero-order valence-electron chi connectivity index (χ0n) is 21.9. The summed E-state index contributed by atoms with van der Waals surface area (Å²) in [5, 5.41) is 4.31. The van der Waals surface area contributed by atoms with Gasteiger partial charge in [-0.15, -0.1) is 0 Å². The Balaban J connectivity index is 1.68. The lowest BCUT2D eigenvalue weighted by Gasteiger charge is -2.31. The van der Waals surface area contributed by atoms with E-state index < -0.39 is 0 Å². The molecule has 2 aromatic carbocycles. The molecule has 0 saturated heterocycles. The van der Waals surface area contributed by atoms with Gasteiger partial charge in [-0.3, -0.25) is 9.59 Å².